The molecule has 1 saturated carbocycles. The minimum absolute atomic E-state index is 0.304. The zero-order chi connectivity index (χ0) is 10.2. The molecule has 2 rings (SSSR count). The lowest BCUT2D eigenvalue weighted by molar-refractivity contribution is -0.117. The second kappa shape index (κ2) is 3.35. The summed E-state index contributed by atoms with van der Waals surface area (Å²) >= 11 is 5.73. The third-order valence-electron chi connectivity index (χ3n) is 2.82. The Morgan fingerprint density at radius 1 is 1.36 bits per heavy atom. The number of benzene rings is 1. The van der Waals surface area contributed by atoms with Gasteiger partial charge in [-0.05, 0) is 30.5 Å². The molecule has 1 aromatic carbocycles. The monoisotopic (exact) mass is 212 g/mol. The molecule has 0 radical (unpaired) electrons. The molecule has 1 aromatic rings. The minimum atomic E-state index is -0.837. The third-order valence-corrected chi connectivity index (χ3v) is 3.07. The second-order valence-corrected chi connectivity index (χ2v) is 4.22. The predicted molar refractivity (Wildman–Crippen MR) is 53.3 cm³/mol. The van der Waals surface area contributed by atoms with Crippen LogP contribution >= 0.6 is 11.6 Å². The van der Waals surface area contributed by atoms with Gasteiger partial charge in [-0.1, -0.05) is 23.7 Å². The lowest BCUT2D eigenvalue weighted by Gasteiger charge is -2.40. The molecule has 74 valence electrons. The van der Waals surface area contributed by atoms with E-state index in [1.54, 1.807) is 24.3 Å². The van der Waals surface area contributed by atoms with Gasteiger partial charge in [-0.25, -0.2) is 4.39 Å². The van der Waals surface area contributed by atoms with E-state index in [1.807, 2.05) is 0 Å². The molecule has 0 aromatic heterocycles. The van der Waals surface area contributed by atoms with Crippen molar-refractivity contribution in [3.63, 3.8) is 0 Å². The summed E-state index contributed by atoms with van der Waals surface area (Å²) in [7, 11) is 0. The molecule has 1 fully saturated rings. The van der Waals surface area contributed by atoms with Gasteiger partial charge in [0.15, 0.2) is 0 Å². The molecule has 1 aliphatic rings. The van der Waals surface area contributed by atoms with Gasteiger partial charge in [0.2, 0.25) is 0 Å². The van der Waals surface area contributed by atoms with Crippen molar-refractivity contribution in [3.05, 3.63) is 34.9 Å². The quantitative estimate of drug-likeness (QED) is 0.689. The topological polar surface area (TPSA) is 17.1 Å². The first-order chi connectivity index (χ1) is 6.66. The average molecular weight is 213 g/mol. The van der Waals surface area contributed by atoms with Gasteiger partial charge in [-0.15, -0.1) is 0 Å². The fourth-order valence-electron chi connectivity index (χ4n) is 1.91. The van der Waals surface area contributed by atoms with E-state index in [0.717, 1.165) is 11.8 Å². The van der Waals surface area contributed by atoms with Crippen LogP contribution in [0.15, 0.2) is 24.3 Å². The lowest BCUT2D eigenvalue weighted by Crippen LogP contribution is -2.43. The van der Waals surface area contributed by atoms with Crippen molar-refractivity contribution in [1.82, 2.24) is 0 Å². The summed E-state index contributed by atoms with van der Waals surface area (Å²) in [6.07, 6.45) is 0.624. The van der Waals surface area contributed by atoms with Crippen LogP contribution in [0.25, 0.3) is 0 Å². The van der Waals surface area contributed by atoms with Gasteiger partial charge in [0, 0.05) is 5.02 Å². The van der Waals surface area contributed by atoms with Gasteiger partial charge in [-0.3, -0.25) is 0 Å². The summed E-state index contributed by atoms with van der Waals surface area (Å²) < 4.78 is 12.8. The number of alkyl halides is 1. The van der Waals surface area contributed by atoms with Gasteiger partial charge in [0.25, 0.3) is 0 Å². The minimum Gasteiger partial charge on any atom is -0.302 e. The third kappa shape index (κ3) is 1.44. The molecule has 0 unspecified atom stereocenters. The van der Waals surface area contributed by atoms with Gasteiger partial charge >= 0.3 is 0 Å². The maximum atomic E-state index is 12.8. The van der Waals surface area contributed by atoms with Crippen LogP contribution in [0.4, 0.5) is 4.39 Å². The molecule has 0 amide bonds. The van der Waals surface area contributed by atoms with E-state index < -0.39 is 11.6 Å². The molecule has 1 nitrogen and oxygen atoms in total. The number of carbonyl (C=O) groups excluding carboxylic acids is 1. The van der Waals surface area contributed by atoms with Crippen LogP contribution in [0.3, 0.4) is 0 Å². The van der Waals surface area contributed by atoms with Gasteiger partial charge in [0.1, 0.15) is 12.5 Å². The Bertz CT molecular complexity index is 341. The molecule has 0 atom stereocenters. The van der Waals surface area contributed by atoms with Crippen molar-refractivity contribution in [1.29, 1.82) is 0 Å². The largest absolute Gasteiger partial charge is 0.302 e. The highest BCUT2D eigenvalue weighted by Crippen LogP contribution is 2.43. The Morgan fingerprint density at radius 3 is 2.36 bits per heavy atom. The highest BCUT2D eigenvalue weighted by Gasteiger charge is 2.45. The molecule has 0 N–H and O–H groups in total. The zero-order valence-electron chi connectivity index (χ0n) is 7.54. The molecule has 0 aliphatic heterocycles. The summed E-state index contributed by atoms with van der Waals surface area (Å²) in [5, 5.41) is 0.630. The maximum Gasteiger partial charge on any atom is 0.130 e. The first-order valence-electron chi connectivity index (χ1n) is 4.53. The van der Waals surface area contributed by atoms with Crippen molar-refractivity contribution >= 4 is 17.9 Å². The summed E-state index contributed by atoms with van der Waals surface area (Å²) in [6, 6.07) is 7.05. The summed E-state index contributed by atoms with van der Waals surface area (Å²) in [5.41, 5.74) is 0.273. The molecule has 0 spiro atoms. The normalized spacial score (nSPS) is 30.9. The van der Waals surface area contributed by atoms with E-state index in [9.17, 15) is 9.18 Å². The average Bonchev–Trinajstić information content (AvgIpc) is 2.14. The first-order valence-corrected chi connectivity index (χ1v) is 4.90. The van der Waals surface area contributed by atoms with E-state index in [4.69, 9.17) is 11.6 Å². The predicted octanol–water partition coefficient (Wildman–Crippen LogP) is 2.91. The molecule has 0 bridgehead atoms. The van der Waals surface area contributed by atoms with Crippen molar-refractivity contribution in [2.75, 3.05) is 0 Å². The van der Waals surface area contributed by atoms with E-state index in [-0.39, 0.29) is 0 Å². The highest BCUT2D eigenvalue weighted by molar-refractivity contribution is 6.30. The number of aldehydes is 1. The number of hydrogen-bond acceptors (Lipinski definition) is 1. The van der Waals surface area contributed by atoms with Crippen LogP contribution in [-0.4, -0.2) is 12.5 Å². The van der Waals surface area contributed by atoms with Crippen LogP contribution in [0.2, 0.25) is 5.02 Å². The highest BCUT2D eigenvalue weighted by atomic mass is 35.5. The van der Waals surface area contributed by atoms with Crippen LogP contribution in [-0.2, 0) is 10.2 Å². The number of rotatable bonds is 2. The Hall–Kier alpha value is -0.890. The van der Waals surface area contributed by atoms with E-state index in [0.29, 0.717) is 17.9 Å². The molecular formula is C11H10ClFO. The van der Waals surface area contributed by atoms with Crippen LogP contribution in [0.5, 0.6) is 0 Å². The Balaban J connectivity index is 2.29. The van der Waals surface area contributed by atoms with Crippen LogP contribution in [0.1, 0.15) is 18.4 Å². The van der Waals surface area contributed by atoms with E-state index >= 15 is 0 Å². The van der Waals surface area contributed by atoms with Crippen LogP contribution < -0.4 is 0 Å². The Morgan fingerprint density at radius 2 is 1.93 bits per heavy atom. The van der Waals surface area contributed by atoms with Crippen molar-refractivity contribution in [2.45, 2.75) is 24.4 Å². The number of hydrogen-bond donors (Lipinski definition) is 0. The molecule has 0 heterocycles. The molecule has 3 heteroatoms. The van der Waals surface area contributed by atoms with E-state index in [2.05, 4.69) is 0 Å². The van der Waals surface area contributed by atoms with Crippen molar-refractivity contribution in [2.24, 2.45) is 0 Å². The summed E-state index contributed by atoms with van der Waals surface area (Å²) in [4.78, 5) is 10.9. The van der Waals surface area contributed by atoms with Gasteiger partial charge in [-0.2, -0.15) is 0 Å². The Labute approximate surface area is 86.9 Å². The standard InChI is InChI=1S/C11H10ClFO/c12-9-3-1-8(2-4-9)11(7-14)5-10(13)6-11/h1-4,7,10H,5-6H2/t10-,11+. The van der Waals surface area contributed by atoms with E-state index in [1.165, 1.54) is 0 Å². The van der Waals surface area contributed by atoms with Crippen LogP contribution in [0, 0.1) is 0 Å². The summed E-state index contributed by atoms with van der Waals surface area (Å²) in [5.74, 6) is 0. The maximum absolute atomic E-state index is 12.8. The van der Waals surface area contributed by atoms with Crippen molar-refractivity contribution < 1.29 is 9.18 Å². The van der Waals surface area contributed by atoms with Gasteiger partial charge < -0.3 is 4.79 Å². The number of halogens is 2. The summed E-state index contributed by atoms with van der Waals surface area (Å²) in [6.45, 7) is 0. The molecule has 14 heavy (non-hydrogen) atoms. The fraction of sp³-hybridized carbons (Fsp3) is 0.364. The Kier molecular flexibility index (Phi) is 2.31. The molecule has 0 saturated heterocycles. The lowest BCUT2D eigenvalue weighted by atomic mass is 9.64. The smallest absolute Gasteiger partial charge is 0.130 e. The SMILES string of the molecule is O=C[C@]1(c2ccc(Cl)cc2)C[C@@H](F)C1. The first kappa shape index (κ1) is 9.66. The fourth-order valence-corrected chi connectivity index (χ4v) is 2.04. The molecule has 1 aliphatic carbocycles. The van der Waals surface area contributed by atoms with Gasteiger partial charge in [0.05, 0.1) is 5.41 Å². The van der Waals surface area contributed by atoms with Crippen molar-refractivity contribution in [3.8, 4) is 0 Å². The molecular weight excluding hydrogens is 203 g/mol. The second-order valence-electron chi connectivity index (χ2n) is 3.79. The number of carbonyl (C=O) groups is 1. The zero-order valence-corrected chi connectivity index (χ0v) is 8.30.